The van der Waals surface area contributed by atoms with E-state index in [9.17, 15) is 0 Å². The van der Waals surface area contributed by atoms with E-state index in [0.29, 0.717) is 52.9 Å². The topological polar surface area (TPSA) is 55.4 Å². The second kappa shape index (κ2) is 22.5. The van der Waals surface area contributed by atoms with Crippen LogP contribution in [-0.4, -0.2) is 66.1 Å². The molecule has 192 valence electrons. The average Bonchev–Trinajstić information content (AvgIpc) is 2.80. The molecule has 33 heavy (non-hydrogen) atoms. The van der Waals surface area contributed by atoms with E-state index in [4.69, 9.17) is 28.4 Å². The minimum atomic E-state index is 0.501. The molecule has 1 aromatic rings. The van der Waals surface area contributed by atoms with Crippen molar-refractivity contribution in [1.82, 2.24) is 0 Å². The molecule has 6 heteroatoms. The van der Waals surface area contributed by atoms with Gasteiger partial charge in [0.1, 0.15) is 24.7 Å². The van der Waals surface area contributed by atoms with E-state index in [2.05, 4.69) is 13.8 Å². The minimum Gasteiger partial charge on any atom is -0.491 e. The predicted molar refractivity (Wildman–Crippen MR) is 134 cm³/mol. The van der Waals surface area contributed by atoms with Gasteiger partial charge >= 0.3 is 0 Å². The smallest absolute Gasteiger partial charge is 0.123 e. The Morgan fingerprint density at radius 1 is 0.455 bits per heavy atom. The summed E-state index contributed by atoms with van der Waals surface area (Å²) in [6, 6.07) is 5.91. The fourth-order valence-electron chi connectivity index (χ4n) is 3.22. The molecule has 0 aromatic heterocycles. The lowest BCUT2D eigenvalue weighted by atomic mass is 10.2. The van der Waals surface area contributed by atoms with Gasteiger partial charge in [-0.1, -0.05) is 52.4 Å². The van der Waals surface area contributed by atoms with Crippen molar-refractivity contribution in [3.05, 3.63) is 23.8 Å². The first-order valence-corrected chi connectivity index (χ1v) is 12.9. The lowest BCUT2D eigenvalue weighted by Gasteiger charge is -2.12. The molecule has 0 spiro atoms. The molecule has 0 heterocycles. The molecule has 1 rings (SSSR count). The van der Waals surface area contributed by atoms with Gasteiger partial charge in [0.2, 0.25) is 0 Å². The van der Waals surface area contributed by atoms with Crippen molar-refractivity contribution >= 4 is 0 Å². The summed E-state index contributed by atoms with van der Waals surface area (Å²) in [7, 11) is 0. The molecule has 0 fully saturated rings. The van der Waals surface area contributed by atoms with Crippen LogP contribution < -0.4 is 9.47 Å². The lowest BCUT2D eigenvalue weighted by molar-refractivity contribution is 0.0344. The number of benzene rings is 1. The molecule has 0 N–H and O–H groups in total. The summed E-state index contributed by atoms with van der Waals surface area (Å²) < 4.78 is 33.9. The molecule has 0 saturated heterocycles. The van der Waals surface area contributed by atoms with Crippen LogP contribution in [0.3, 0.4) is 0 Å². The average molecular weight is 469 g/mol. The number of hydrogen-bond donors (Lipinski definition) is 0. The quantitative estimate of drug-likeness (QED) is 0.174. The largest absolute Gasteiger partial charge is 0.491 e. The zero-order valence-corrected chi connectivity index (χ0v) is 21.4. The van der Waals surface area contributed by atoms with Gasteiger partial charge in [-0.25, -0.2) is 0 Å². The Morgan fingerprint density at radius 2 is 0.848 bits per heavy atom. The third-order valence-electron chi connectivity index (χ3n) is 5.05. The molecule has 0 bridgehead atoms. The maximum atomic E-state index is 5.81. The number of rotatable bonds is 24. The van der Waals surface area contributed by atoms with E-state index in [-0.39, 0.29) is 0 Å². The van der Waals surface area contributed by atoms with Crippen molar-refractivity contribution in [3.8, 4) is 11.5 Å². The van der Waals surface area contributed by atoms with Crippen LogP contribution in [0.25, 0.3) is 0 Å². The highest BCUT2D eigenvalue weighted by molar-refractivity contribution is 5.37. The van der Waals surface area contributed by atoms with Crippen LogP contribution >= 0.6 is 0 Å². The van der Waals surface area contributed by atoms with Crippen molar-refractivity contribution in [3.63, 3.8) is 0 Å². The summed E-state index contributed by atoms with van der Waals surface area (Å²) in [4.78, 5) is 0. The third-order valence-corrected chi connectivity index (χ3v) is 5.05. The molecule has 6 nitrogen and oxygen atoms in total. The van der Waals surface area contributed by atoms with Gasteiger partial charge in [-0.05, 0) is 37.5 Å². The Labute approximate surface area is 202 Å². The summed E-state index contributed by atoms with van der Waals surface area (Å²) in [6.07, 6.45) is 9.82. The summed E-state index contributed by atoms with van der Waals surface area (Å²) in [6.45, 7) is 12.7. The van der Waals surface area contributed by atoms with Crippen molar-refractivity contribution in [1.29, 1.82) is 0 Å². The molecule has 0 aliphatic carbocycles. The van der Waals surface area contributed by atoms with Gasteiger partial charge in [-0.15, -0.1) is 0 Å². The normalized spacial score (nSPS) is 11.1. The number of ether oxygens (including phenoxy) is 6. The highest BCUT2D eigenvalue weighted by Gasteiger charge is 2.02. The first-order valence-electron chi connectivity index (χ1n) is 12.9. The molecule has 0 saturated carbocycles. The Balaban J connectivity index is 2.02. The van der Waals surface area contributed by atoms with Crippen molar-refractivity contribution in [2.75, 3.05) is 66.1 Å². The van der Waals surface area contributed by atoms with E-state index in [1.54, 1.807) is 0 Å². The van der Waals surface area contributed by atoms with E-state index in [1.165, 1.54) is 38.5 Å². The number of hydrogen-bond acceptors (Lipinski definition) is 6. The summed E-state index contributed by atoms with van der Waals surface area (Å²) >= 11 is 0. The van der Waals surface area contributed by atoms with Crippen LogP contribution in [0.5, 0.6) is 11.5 Å². The Bertz CT molecular complexity index is 507. The number of aryl methyl sites for hydroxylation is 1. The second-order valence-electron chi connectivity index (χ2n) is 8.25. The molecule has 0 aliphatic rings. The minimum absolute atomic E-state index is 0.501. The maximum Gasteiger partial charge on any atom is 0.123 e. The van der Waals surface area contributed by atoms with Gasteiger partial charge < -0.3 is 28.4 Å². The van der Waals surface area contributed by atoms with Gasteiger partial charge in [0.25, 0.3) is 0 Å². The SMILES string of the molecule is CCCCCCOCCOCCOc1cc(C)cc(OCCOCCOCCCCCC)c1. The monoisotopic (exact) mass is 468 g/mol. The third kappa shape index (κ3) is 18.7. The molecule has 0 radical (unpaired) electrons. The predicted octanol–water partition coefficient (Wildman–Crippen LogP) is 5.98. The first-order chi connectivity index (χ1) is 16.3. The highest BCUT2D eigenvalue weighted by atomic mass is 16.6. The van der Waals surface area contributed by atoms with Gasteiger partial charge in [0, 0.05) is 19.3 Å². The van der Waals surface area contributed by atoms with E-state index >= 15 is 0 Å². The molecular weight excluding hydrogens is 420 g/mol. The van der Waals surface area contributed by atoms with Gasteiger partial charge in [0.05, 0.1) is 39.6 Å². The first kappa shape index (κ1) is 29.7. The molecule has 0 atom stereocenters. The summed E-state index contributed by atoms with van der Waals surface area (Å²) in [5.74, 6) is 1.58. The van der Waals surface area contributed by atoms with Crippen LogP contribution in [0, 0.1) is 6.92 Å². The molecule has 0 unspecified atom stereocenters. The van der Waals surface area contributed by atoms with Gasteiger partial charge in [-0.2, -0.15) is 0 Å². The van der Waals surface area contributed by atoms with E-state index in [1.807, 2.05) is 25.1 Å². The van der Waals surface area contributed by atoms with Crippen LogP contribution in [0.1, 0.15) is 70.8 Å². The zero-order chi connectivity index (χ0) is 23.8. The molecule has 0 aliphatic heterocycles. The molecule has 0 amide bonds. The van der Waals surface area contributed by atoms with Crippen molar-refractivity contribution in [2.24, 2.45) is 0 Å². The fraction of sp³-hybridized carbons (Fsp3) is 0.778. The lowest BCUT2D eigenvalue weighted by Crippen LogP contribution is -2.12. The molecule has 1 aromatic carbocycles. The van der Waals surface area contributed by atoms with E-state index in [0.717, 1.165) is 43.1 Å². The van der Waals surface area contributed by atoms with Crippen molar-refractivity contribution < 1.29 is 28.4 Å². The number of unbranched alkanes of at least 4 members (excludes halogenated alkanes) is 6. The molecular formula is C27H48O6. The Kier molecular flexibility index (Phi) is 20.2. The Hall–Kier alpha value is -1.34. The van der Waals surface area contributed by atoms with Crippen LogP contribution in [0.2, 0.25) is 0 Å². The zero-order valence-electron chi connectivity index (χ0n) is 21.4. The highest BCUT2D eigenvalue weighted by Crippen LogP contribution is 2.22. The standard InChI is InChI=1S/C27H48O6/c1-4-6-8-10-12-28-14-16-30-18-20-32-26-22-25(3)23-27(24-26)33-21-19-31-17-15-29-13-11-9-7-5-2/h22-24H,4-21H2,1-3H3. The van der Waals surface area contributed by atoms with Crippen molar-refractivity contribution in [2.45, 2.75) is 72.1 Å². The van der Waals surface area contributed by atoms with Crippen LogP contribution in [0.4, 0.5) is 0 Å². The van der Waals surface area contributed by atoms with Gasteiger partial charge in [-0.3, -0.25) is 0 Å². The van der Waals surface area contributed by atoms with Crippen LogP contribution in [0.15, 0.2) is 18.2 Å². The van der Waals surface area contributed by atoms with E-state index < -0.39 is 0 Å². The second-order valence-corrected chi connectivity index (χ2v) is 8.25. The maximum absolute atomic E-state index is 5.81. The summed E-state index contributed by atoms with van der Waals surface area (Å²) in [5.41, 5.74) is 1.09. The fourth-order valence-corrected chi connectivity index (χ4v) is 3.22. The summed E-state index contributed by atoms with van der Waals surface area (Å²) in [5, 5.41) is 0. The van der Waals surface area contributed by atoms with Crippen LogP contribution in [-0.2, 0) is 18.9 Å². The Morgan fingerprint density at radius 3 is 1.27 bits per heavy atom. The van der Waals surface area contributed by atoms with Gasteiger partial charge in [0.15, 0.2) is 0 Å².